The second kappa shape index (κ2) is 14.9. The molecule has 2 aromatic carbocycles. The molecule has 4 aromatic rings. The molecule has 9 heteroatoms. The van der Waals surface area contributed by atoms with Crippen LogP contribution in [0.4, 0.5) is 10.5 Å². The molecule has 1 aliphatic rings. The lowest BCUT2D eigenvalue weighted by Gasteiger charge is -2.53. The van der Waals surface area contributed by atoms with Gasteiger partial charge in [-0.05, 0) is 64.4 Å². The summed E-state index contributed by atoms with van der Waals surface area (Å²) in [5, 5.41) is 3.22. The molecule has 290 valence electrons. The molecule has 1 saturated carbocycles. The normalized spacial score (nSPS) is 19.7. The molecule has 1 aliphatic carbocycles. The summed E-state index contributed by atoms with van der Waals surface area (Å²) in [7, 11) is 3.13. The van der Waals surface area contributed by atoms with Crippen LogP contribution in [0.2, 0.25) is 0 Å². The van der Waals surface area contributed by atoms with Crippen LogP contribution in [-0.4, -0.2) is 51.8 Å². The third-order valence-corrected chi connectivity index (χ3v) is 11.0. The number of rotatable bonds is 9. The fraction of sp³-hybridized carbons (Fsp3) is 0.556. The minimum atomic E-state index is -0.683. The van der Waals surface area contributed by atoms with Gasteiger partial charge < -0.3 is 14.4 Å². The highest BCUT2D eigenvalue weighted by Crippen LogP contribution is 2.55. The van der Waals surface area contributed by atoms with Gasteiger partial charge in [-0.1, -0.05) is 131 Å². The van der Waals surface area contributed by atoms with Crippen LogP contribution in [0.25, 0.3) is 33.0 Å². The molecule has 0 aliphatic heterocycles. The Balaban J connectivity index is 1.64. The van der Waals surface area contributed by atoms with Gasteiger partial charge in [0, 0.05) is 31.5 Å². The Hall–Kier alpha value is -4.58. The van der Waals surface area contributed by atoms with Gasteiger partial charge in [0.25, 0.3) is 5.69 Å². The molecule has 2 aromatic heterocycles. The molecule has 0 saturated heterocycles. The largest absolute Gasteiger partial charge is 0.459 e. The molecule has 0 bridgehead atoms. The van der Waals surface area contributed by atoms with Crippen molar-refractivity contribution in [1.29, 1.82) is 0 Å². The average molecular weight is 736 g/mol. The van der Waals surface area contributed by atoms with Crippen molar-refractivity contribution in [3.63, 3.8) is 0 Å². The van der Waals surface area contributed by atoms with E-state index < -0.39 is 18.2 Å². The Morgan fingerprint density at radius 3 is 1.81 bits per heavy atom. The van der Waals surface area contributed by atoms with Crippen LogP contribution in [-0.2, 0) is 4.74 Å². The number of esters is 1. The summed E-state index contributed by atoms with van der Waals surface area (Å²) in [6.07, 6.45) is 2.68. The zero-order chi connectivity index (χ0) is 40.0. The smallest absolute Gasteiger partial charge is 0.414 e. The summed E-state index contributed by atoms with van der Waals surface area (Å²) in [6.45, 7) is 33.5. The average Bonchev–Trinajstić information content (AvgIpc) is 3.61. The first-order valence-corrected chi connectivity index (χ1v) is 19.3. The van der Waals surface area contributed by atoms with Crippen LogP contribution in [0.5, 0.6) is 5.88 Å². The van der Waals surface area contributed by atoms with Crippen molar-refractivity contribution in [3.8, 4) is 28.4 Å². The van der Waals surface area contributed by atoms with Gasteiger partial charge in [-0.15, -0.1) is 0 Å². The number of carbonyl (C=O) groups excluding carboxylic acids is 2. The monoisotopic (exact) mass is 735 g/mol. The highest BCUT2D eigenvalue weighted by molar-refractivity contribution is 6.05. The number of amides is 1. The van der Waals surface area contributed by atoms with Crippen molar-refractivity contribution in [3.05, 3.63) is 71.6 Å². The van der Waals surface area contributed by atoms with E-state index in [0.29, 0.717) is 11.7 Å². The summed E-state index contributed by atoms with van der Waals surface area (Å²) in [4.78, 5) is 37.8. The molecular weight excluding hydrogens is 675 g/mol. The number of nitrogens with one attached hydrogen (secondary N) is 1. The van der Waals surface area contributed by atoms with Crippen molar-refractivity contribution >= 4 is 23.4 Å². The molecule has 1 fully saturated rings. The molecule has 0 spiro atoms. The fourth-order valence-electron chi connectivity index (χ4n) is 9.50. The van der Waals surface area contributed by atoms with Crippen molar-refractivity contribution in [2.45, 2.75) is 108 Å². The van der Waals surface area contributed by atoms with Crippen LogP contribution in [0, 0.1) is 46.0 Å². The Kier molecular flexibility index (Phi) is 11.2. The lowest BCUT2D eigenvalue weighted by Crippen LogP contribution is -2.51. The number of aromatic amines is 1. The lowest BCUT2D eigenvalue weighted by atomic mass is 9.54. The summed E-state index contributed by atoms with van der Waals surface area (Å²) in [5.41, 5.74) is 2.80. The van der Waals surface area contributed by atoms with E-state index in [1.165, 1.54) is 9.42 Å². The van der Waals surface area contributed by atoms with E-state index in [9.17, 15) is 9.59 Å². The number of aromatic nitrogens is 3. The molecule has 2 atom stereocenters. The van der Waals surface area contributed by atoms with Gasteiger partial charge in [0.2, 0.25) is 5.88 Å². The standard InChI is InChI=1S/C45H61N5O4/c1-28-24-32(44(8,9)26-42(2,3)4)36(33(25-28)45(10,11)27-43(5,6)7)53-40(51)34-35(46-12)39(54-41(52)49(13)14)50-38(34)47-37(48-50)31-22-20-30(21-23-31)29-18-16-15-17-19-29/h15-23,28,32-33,36H,24-27H2,1-11,13-14H3,(H,47,48). The van der Waals surface area contributed by atoms with Gasteiger partial charge in [0.15, 0.2) is 11.5 Å². The summed E-state index contributed by atoms with van der Waals surface area (Å²) in [6, 6.07) is 18.0. The Labute approximate surface area is 322 Å². The number of benzene rings is 2. The van der Waals surface area contributed by atoms with Crippen molar-refractivity contribution in [1.82, 2.24) is 19.5 Å². The van der Waals surface area contributed by atoms with Gasteiger partial charge in [-0.25, -0.2) is 23.9 Å². The van der Waals surface area contributed by atoms with Gasteiger partial charge in [0.1, 0.15) is 11.7 Å². The van der Waals surface area contributed by atoms with E-state index in [0.717, 1.165) is 42.4 Å². The van der Waals surface area contributed by atoms with Gasteiger partial charge in [-0.3, -0.25) is 5.10 Å². The van der Waals surface area contributed by atoms with Crippen molar-refractivity contribution in [2.24, 2.45) is 39.4 Å². The predicted molar refractivity (Wildman–Crippen MR) is 217 cm³/mol. The van der Waals surface area contributed by atoms with Gasteiger partial charge in [0.05, 0.1) is 6.57 Å². The van der Waals surface area contributed by atoms with E-state index in [1.54, 1.807) is 14.1 Å². The molecule has 9 nitrogen and oxygen atoms in total. The fourth-order valence-corrected chi connectivity index (χ4v) is 9.50. The minimum Gasteiger partial charge on any atom is -0.459 e. The van der Waals surface area contributed by atoms with Crippen molar-refractivity contribution < 1.29 is 19.1 Å². The van der Waals surface area contributed by atoms with Crippen LogP contribution >= 0.6 is 0 Å². The number of fused-ring (bicyclic) bond motifs is 1. The zero-order valence-electron chi connectivity index (χ0n) is 34.8. The zero-order valence-corrected chi connectivity index (χ0v) is 34.8. The van der Waals surface area contributed by atoms with Crippen LogP contribution < -0.4 is 4.74 Å². The van der Waals surface area contributed by atoms with E-state index in [2.05, 4.69) is 98.2 Å². The maximum Gasteiger partial charge on any atom is 0.414 e. The molecule has 0 radical (unpaired) electrons. The first kappa shape index (κ1) is 40.6. The summed E-state index contributed by atoms with van der Waals surface area (Å²) in [5.74, 6) is 0.330. The van der Waals surface area contributed by atoms with Gasteiger partial charge in [-0.2, -0.15) is 0 Å². The molecule has 2 heterocycles. The van der Waals surface area contributed by atoms with Gasteiger partial charge >= 0.3 is 12.1 Å². The van der Waals surface area contributed by atoms with E-state index in [1.807, 2.05) is 42.5 Å². The highest BCUT2D eigenvalue weighted by atomic mass is 16.6. The third-order valence-electron chi connectivity index (χ3n) is 11.0. The lowest BCUT2D eigenvalue weighted by molar-refractivity contribution is -0.111. The molecule has 5 rings (SSSR count). The number of H-pyrrole nitrogens is 1. The summed E-state index contributed by atoms with van der Waals surface area (Å²) < 4.78 is 14.1. The minimum absolute atomic E-state index is 0.00617. The molecule has 1 N–H and O–H groups in total. The highest BCUT2D eigenvalue weighted by Gasteiger charge is 2.52. The number of carbonyl (C=O) groups is 2. The van der Waals surface area contributed by atoms with E-state index in [-0.39, 0.29) is 56.3 Å². The Morgan fingerprint density at radius 1 is 0.833 bits per heavy atom. The second-order valence-electron chi connectivity index (χ2n) is 19.7. The Bertz CT molecular complexity index is 1960. The van der Waals surface area contributed by atoms with Crippen LogP contribution in [0.1, 0.15) is 112 Å². The molecule has 54 heavy (non-hydrogen) atoms. The third kappa shape index (κ3) is 8.86. The topological polar surface area (TPSA) is 93.3 Å². The second-order valence-corrected chi connectivity index (χ2v) is 19.7. The van der Waals surface area contributed by atoms with Crippen LogP contribution in [0.15, 0.2) is 54.6 Å². The van der Waals surface area contributed by atoms with E-state index >= 15 is 0 Å². The van der Waals surface area contributed by atoms with Crippen molar-refractivity contribution in [2.75, 3.05) is 14.1 Å². The molecule has 1 amide bonds. The quantitative estimate of drug-likeness (QED) is 0.136. The number of hydrogen-bond donors (Lipinski definition) is 1. The number of nitrogens with zero attached hydrogens (tertiary/aromatic N) is 4. The number of ether oxygens (including phenoxy) is 2. The van der Waals surface area contributed by atoms with Crippen LogP contribution in [0.3, 0.4) is 0 Å². The number of hydrogen-bond acceptors (Lipinski definition) is 5. The Morgan fingerprint density at radius 2 is 1.33 bits per heavy atom. The maximum absolute atomic E-state index is 14.9. The SMILES string of the molecule is [C-]#[N+]c1c(C(=O)OC2C(C(C)(C)CC(C)(C)C)CC(C)CC2C(C)(C)CC(C)(C)C)c2nc(-c3ccc(-c4ccccc4)cc3)[nH]n2c1OC(=O)N(C)C. The molecular formula is C45H61N5O4. The predicted octanol–water partition coefficient (Wildman–Crippen LogP) is 11.7. The maximum atomic E-state index is 14.9. The first-order chi connectivity index (χ1) is 25.0. The van der Waals surface area contributed by atoms with E-state index in [4.69, 9.17) is 21.0 Å². The summed E-state index contributed by atoms with van der Waals surface area (Å²) >= 11 is 0. The molecule has 2 unspecified atom stereocenters. The first-order valence-electron chi connectivity index (χ1n) is 19.3.